The molecule has 0 aliphatic rings. The third-order valence-electron chi connectivity index (χ3n) is 2.88. The van der Waals surface area contributed by atoms with E-state index in [1.807, 2.05) is 6.92 Å². The largest absolute Gasteiger partial charge is 0.457 e. The maximum atomic E-state index is 12.9. The molecule has 0 radical (unpaired) electrons. The summed E-state index contributed by atoms with van der Waals surface area (Å²) in [7, 11) is 0. The van der Waals surface area contributed by atoms with Crippen LogP contribution < -0.4 is 4.74 Å². The summed E-state index contributed by atoms with van der Waals surface area (Å²) in [6.07, 6.45) is -4.44. The first-order valence-corrected chi connectivity index (χ1v) is 6.45. The zero-order valence-corrected chi connectivity index (χ0v) is 11.4. The molecule has 106 valence electrons. The summed E-state index contributed by atoms with van der Waals surface area (Å²) in [6, 6.07) is 10.2. The molecule has 0 heterocycles. The highest BCUT2D eigenvalue weighted by Gasteiger charge is 2.34. The average Bonchev–Trinajstić information content (AvgIpc) is 2.38. The Kier molecular flexibility index (Phi) is 4.23. The number of benzene rings is 2. The molecule has 0 N–H and O–H groups in total. The SMILES string of the molecule is Cc1cc(Oc2ccccc2C(F)(F)F)ccc1CCl. The van der Waals surface area contributed by atoms with Gasteiger partial charge in [0.05, 0.1) is 5.56 Å². The molecule has 2 aromatic rings. The summed E-state index contributed by atoms with van der Waals surface area (Å²) < 4.78 is 43.9. The van der Waals surface area contributed by atoms with Gasteiger partial charge in [-0.2, -0.15) is 13.2 Å². The molecule has 0 saturated heterocycles. The fourth-order valence-corrected chi connectivity index (χ4v) is 2.10. The van der Waals surface area contributed by atoms with E-state index < -0.39 is 11.7 Å². The van der Waals surface area contributed by atoms with Crippen molar-refractivity contribution >= 4 is 11.6 Å². The monoisotopic (exact) mass is 300 g/mol. The second-order valence-corrected chi connectivity index (χ2v) is 4.59. The Morgan fingerprint density at radius 1 is 1.10 bits per heavy atom. The predicted molar refractivity (Wildman–Crippen MR) is 72.3 cm³/mol. The number of ether oxygens (including phenoxy) is 1. The van der Waals surface area contributed by atoms with Gasteiger partial charge in [0.2, 0.25) is 0 Å². The summed E-state index contributed by atoms with van der Waals surface area (Å²) >= 11 is 5.74. The van der Waals surface area contributed by atoms with Gasteiger partial charge in [-0.15, -0.1) is 11.6 Å². The molecule has 0 saturated carbocycles. The number of alkyl halides is 4. The molecular weight excluding hydrogens is 289 g/mol. The van der Waals surface area contributed by atoms with Crippen LogP contribution in [0.2, 0.25) is 0 Å². The van der Waals surface area contributed by atoms with Crippen molar-refractivity contribution in [1.29, 1.82) is 0 Å². The Morgan fingerprint density at radius 3 is 2.40 bits per heavy atom. The Morgan fingerprint density at radius 2 is 1.80 bits per heavy atom. The molecule has 0 bridgehead atoms. The highest BCUT2D eigenvalue weighted by atomic mass is 35.5. The van der Waals surface area contributed by atoms with E-state index in [-0.39, 0.29) is 5.75 Å². The maximum absolute atomic E-state index is 12.9. The molecule has 0 spiro atoms. The van der Waals surface area contributed by atoms with E-state index in [1.165, 1.54) is 18.2 Å². The molecule has 0 fully saturated rings. The Hall–Kier alpha value is -1.68. The van der Waals surface area contributed by atoms with E-state index in [9.17, 15) is 13.2 Å². The molecule has 20 heavy (non-hydrogen) atoms. The smallest absolute Gasteiger partial charge is 0.419 e. The van der Waals surface area contributed by atoms with Crippen LogP contribution in [0.15, 0.2) is 42.5 Å². The Labute approximate surface area is 119 Å². The van der Waals surface area contributed by atoms with Crippen molar-refractivity contribution < 1.29 is 17.9 Å². The lowest BCUT2D eigenvalue weighted by molar-refractivity contribution is -0.138. The van der Waals surface area contributed by atoms with Crippen molar-refractivity contribution in [1.82, 2.24) is 0 Å². The first-order valence-electron chi connectivity index (χ1n) is 5.91. The highest BCUT2D eigenvalue weighted by molar-refractivity contribution is 6.17. The first kappa shape index (κ1) is 14.7. The van der Waals surface area contributed by atoms with Crippen LogP contribution in [0.4, 0.5) is 13.2 Å². The van der Waals surface area contributed by atoms with E-state index in [0.29, 0.717) is 11.6 Å². The van der Waals surface area contributed by atoms with Gasteiger partial charge in [-0.25, -0.2) is 0 Å². The van der Waals surface area contributed by atoms with Crippen LogP contribution in [-0.4, -0.2) is 0 Å². The predicted octanol–water partition coefficient (Wildman–Crippen LogP) is 5.54. The van der Waals surface area contributed by atoms with Gasteiger partial charge in [0.15, 0.2) is 0 Å². The Balaban J connectivity index is 2.33. The van der Waals surface area contributed by atoms with Crippen LogP contribution >= 0.6 is 11.6 Å². The lowest BCUT2D eigenvalue weighted by atomic mass is 10.1. The minimum Gasteiger partial charge on any atom is -0.457 e. The second kappa shape index (κ2) is 5.75. The lowest BCUT2D eigenvalue weighted by Gasteiger charge is -2.14. The van der Waals surface area contributed by atoms with Gasteiger partial charge in [0.25, 0.3) is 0 Å². The summed E-state index contributed by atoms with van der Waals surface area (Å²) in [6.45, 7) is 1.83. The van der Waals surface area contributed by atoms with Crippen molar-refractivity contribution in [3.63, 3.8) is 0 Å². The third-order valence-corrected chi connectivity index (χ3v) is 3.17. The molecule has 0 aliphatic heterocycles. The van der Waals surface area contributed by atoms with Crippen molar-refractivity contribution in [2.45, 2.75) is 19.0 Å². The molecule has 0 aliphatic carbocycles. The van der Waals surface area contributed by atoms with Crippen LogP contribution in [0, 0.1) is 6.92 Å². The second-order valence-electron chi connectivity index (χ2n) is 4.32. The number of halogens is 4. The van der Waals surface area contributed by atoms with Gasteiger partial charge in [-0.05, 0) is 42.3 Å². The molecule has 0 unspecified atom stereocenters. The first-order chi connectivity index (χ1) is 9.41. The van der Waals surface area contributed by atoms with Crippen LogP contribution in [0.5, 0.6) is 11.5 Å². The number of hydrogen-bond acceptors (Lipinski definition) is 1. The fourth-order valence-electron chi connectivity index (χ4n) is 1.80. The van der Waals surface area contributed by atoms with Crippen molar-refractivity contribution in [2.24, 2.45) is 0 Å². The highest BCUT2D eigenvalue weighted by Crippen LogP contribution is 2.38. The summed E-state index contributed by atoms with van der Waals surface area (Å²) in [5.41, 5.74) is 1.00. The number of hydrogen-bond donors (Lipinski definition) is 0. The maximum Gasteiger partial charge on any atom is 0.419 e. The summed E-state index contributed by atoms with van der Waals surface area (Å²) in [5.74, 6) is 0.497. The van der Waals surface area contributed by atoms with Gasteiger partial charge in [0.1, 0.15) is 11.5 Å². The lowest BCUT2D eigenvalue weighted by Crippen LogP contribution is -2.06. The van der Waals surface area contributed by atoms with Gasteiger partial charge >= 0.3 is 6.18 Å². The van der Waals surface area contributed by atoms with E-state index in [2.05, 4.69) is 0 Å². The van der Waals surface area contributed by atoms with E-state index >= 15 is 0 Å². The summed E-state index contributed by atoms with van der Waals surface area (Å²) in [5, 5.41) is 0. The molecule has 0 atom stereocenters. The fraction of sp³-hybridized carbons (Fsp3) is 0.200. The molecule has 1 nitrogen and oxygen atoms in total. The molecule has 5 heteroatoms. The van der Waals surface area contributed by atoms with E-state index in [4.69, 9.17) is 16.3 Å². The normalized spacial score (nSPS) is 11.4. The van der Waals surface area contributed by atoms with Crippen LogP contribution in [0.1, 0.15) is 16.7 Å². The van der Waals surface area contributed by atoms with Gasteiger partial charge < -0.3 is 4.74 Å². The van der Waals surface area contributed by atoms with Crippen molar-refractivity contribution in [3.05, 3.63) is 59.2 Å². The minimum atomic E-state index is -4.44. The number of rotatable bonds is 3. The Bertz CT molecular complexity index is 608. The standard InChI is InChI=1S/C15H12ClF3O/c1-10-8-12(7-6-11(10)9-16)20-14-5-3-2-4-13(14)15(17,18)19/h2-8H,9H2,1H3. The van der Waals surface area contributed by atoms with Gasteiger partial charge in [-0.3, -0.25) is 0 Å². The molecule has 2 rings (SSSR count). The van der Waals surface area contributed by atoms with Crippen LogP contribution in [0.25, 0.3) is 0 Å². The van der Waals surface area contributed by atoms with Crippen LogP contribution in [-0.2, 0) is 12.1 Å². The molecular formula is C15H12ClF3O. The summed E-state index contributed by atoms with van der Waals surface area (Å²) in [4.78, 5) is 0. The van der Waals surface area contributed by atoms with Crippen LogP contribution in [0.3, 0.4) is 0 Å². The molecule has 2 aromatic carbocycles. The quantitative estimate of drug-likeness (QED) is 0.676. The topological polar surface area (TPSA) is 9.23 Å². The zero-order valence-electron chi connectivity index (χ0n) is 10.7. The molecule has 0 amide bonds. The van der Waals surface area contributed by atoms with E-state index in [0.717, 1.165) is 17.2 Å². The van der Waals surface area contributed by atoms with E-state index in [1.54, 1.807) is 18.2 Å². The van der Waals surface area contributed by atoms with Gasteiger partial charge in [0, 0.05) is 5.88 Å². The number of aryl methyl sites for hydroxylation is 1. The number of para-hydroxylation sites is 1. The average molecular weight is 301 g/mol. The molecule has 0 aromatic heterocycles. The third kappa shape index (κ3) is 3.25. The zero-order chi connectivity index (χ0) is 14.8. The minimum absolute atomic E-state index is 0.210. The van der Waals surface area contributed by atoms with Gasteiger partial charge in [-0.1, -0.05) is 18.2 Å². The van der Waals surface area contributed by atoms with Crippen molar-refractivity contribution in [3.8, 4) is 11.5 Å². The van der Waals surface area contributed by atoms with Crippen molar-refractivity contribution in [2.75, 3.05) is 0 Å².